The summed E-state index contributed by atoms with van der Waals surface area (Å²) in [6.45, 7) is 4.60. The van der Waals surface area contributed by atoms with E-state index in [0.717, 1.165) is 24.7 Å². The molecular weight excluding hydrogens is 200 g/mol. The first kappa shape index (κ1) is 13.5. The Morgan fingerprint density at radius 2 is 1.81 bits per heavy atom. The zero-order valence-electron chi connectivity index (χ0n) is 10.7. The van der Waals surface area contributed by atoms with E-state index in [1.165, 1.54) is 32.1 Å². The Morgan fingerprint density at radius 3 is 2.31 bits per heavy atom. The normalized spacial score (nSPS) is 27.6. The van der Waals surface area contributed by atoms with Crippen LogP contribution in [0.25, 0.3) is 0 Å². The van der Waals surface area contributed by atoms with Gasteiger partial charge in [0.25, 0.3) is 0 Å². The van der Waals surface area contributed by atoms with Crippen LogP contribution in [0.5, 0.6) is 0 Å². The van der Waals surface area contributed by atoms with E-state index in [9.17, 15) is 4.79 Å². The lowest BCUT2D eigenvalue weighted by Crippen LogP contribution is -2.18. The molecule has 16 heavy (non-hydrogen) atoms. The average Bonchev–Trinajstić information content (AvgIpc) is 2.20. The van der Waals surface area contributed by atoms with Crippen molar-refractivity contribution in [2.45, 2.75) is 65.2 Å². The van der Waals surface area contributed by atoms with Crippen molar-refractivity contribution in [2.75, 3.05) is 0 Å². The van der Waals surface area contributed by atoms with Crippen LogP contribution in [0.4, 0.5) is 0 Å². The summed E-state index contributed by atoms with van der Waals surface area (Å²) in [6.07, 6.45) is 9.15. The van der Waals surface area contributed by atoms with Gasteiger partial charge in [-0.3, -0.25) is 4.79 Å². The molecule has 1 saturated carbocycles. The van der Waals surface area contributed by atoms with E-state index in [-0.39, 0.29) is 0 Å². The maximum Gasteiger partial charge on any atom is 0.303 e. The molecule has 0 spiro atoms. The molecule has 94 valence electrons. The largest absolute Gasteiger partial charge is 0.481 e. The first-order valence-corrected chi connectivity index (χ1v) is 6.83. The summed E-state index contributed by atoms with van der Waals surface area (Å²) >= 11 is 0. The fraction of sp³-hybridized carbons (Fsp3) is 0.929. The number of hydrogen-bond acceptors (Lipinski definition) is 1. The van der Waals surface area contributed by atoms with Gasteiger partial charge in [0.1, 0.15) is 0 Å². The summed E-state index contributed by atoms with van der Waals surface area (Å²) < 4.78 is 0. The molecule has 2 nitrogen and oxygen atoms in total. The Bertz CT molecular complexity index is 205. The highest BCUT2D eigenvalue weighted by molar-refractivity contribution is 5.67. The molecule has 0 aromatic rings. The lowest BCUT2D eigenvalue weighted by Gasteiger charge is -2.29. The minimum absolute atomic E-state index is 0.386. The van der Waals surface area contributed by atoms with Crippen molar-refractivity contribution < 1.29 is 9.90 Å². The fourth-order valence-corrected chi connectivity index (χ4v) is 3.10. The van der Waals surface area contributed by atoms with Crippen LogP contribution in [-0.4, -0.2) is 11.1 Å². The molecule has 0 heterocycles. The van der Waals surface area contributed by atoms with Gasteiger partial charge in [0.2, 0.25) is 0 Å². The second-order valence-electron chi connectivity index (χ2n) is 5.61. The van der Waals surface area contributed by atoms with E-state index in [1.807, 2.05) is 0 Å². The second-order valence-corrected chi connectivity index (χ2v) is 5.61. The molecule has 0 radical (unpaired) electrons. The Hall–Kier alpha value is -0.530. The van der Waals surface area contributed by atoms with Gasteiger partial charge in [-0.2, -0.15) is 0 Å². The summed E-state index contributed by atoms with van der Waals surface area (Å²) in [5.74, 6) is 1.55. The summed E-state index contributed by atoms with van der Waals surface area (Å²) in [4.78, 5) is 10.6. The van der Waals surface area contributed by atoms with Gasteiger partial charge >= 0.3 is 5.97 Å². The van der Waals surface area contributed by atoms with E-state index in [0.29, 0.717) is 12.3 Å². The molecule has 0 aromatic heterocycles. The van der Waals surface area contributed by atoms with Crippen LogP contribution in [0.2, 0.25) is 0 Å². The molecule has 1 aliphatic rings. The van der Waals surface area contributed by atoms with Crippen LogP contribution >= 0.6 is 0 Å². The number of aliphatic carboxylic acids is 1. The third kappa shape index (κ3) is 5.00. The van der Waals surface area contributed by atoms with Crippen molar-refractivity contribution >= 4 is 5.97 Å². The Labute approximate surface area is 99.4 Å². The van der Waals surface area contributed by atoms with Crippen molar-refractivity contribution in [3.8, 4) is 0 Å². The monoisotopic (exact) mass is 226 g/mol. The van der Waals surface area contributed by atoms with Crippen LogP contribution in [-0.2, 0) is 4.79 Å². The molecule has 1 atom stereocenters. The van der Waals surface area contributed by atoms with Crippen molar-refractivity contribution in [3.63, 3.8) is 0 Å². The smallest absolute Gasteiger partial charge is 0.303 e. The van der Waals surface area contributed by atoms with Gasteiger partial charge in [-0.25, -0.2) is 0 Å². The zero-order chi connectivity index (χ0) is 12.0. The topological polar surface area (TPSA) is 37.3 Å². The summed E-state index contributed by atoms with van der Waals surface area (Å²) in [7, 11) is 0. The molecule has 1 N–H and O–H groups in total. The Morgan fingerprint density at radius 1 is 1.25 bits per heavy atom. The number of carbonyl (C=O) groups is 1. The van der Waals surface area contributed by atoms with Crippen LogP contribution in [0.1, 0.15) is 65.2 Å². The highest BCUT2D eigenvalue weighted by Crippen LogP contribution is 2.34. The van der Waals surface area contributed by atoms with Crippen LogP contribution in [0.3, 0.4) is 0 Å². The maximum absolute atomic E-state index is 10.6. The molecule has 2 heteroatoms. The first-order chi connectivity index (χ1) is 7.61. The summed E-state index contributed by atoms with van der Waals surface area (Å²) in [5, 5.41) is 8.75. The SMILES string of the molecule is CCC[C@@H](C)CC1CCC(CC(=O)O)CC1. The fourth-order valence-electron chi connectivity index (χ4n) is 3.10. The quantitative estimate of drug-likeness (QED) is 0.740. The lowest BCUT2D eigenvalue weighted by atomic mass is 9.77. The number of carboxylic acid groups (broad SMARTS) is 1. The lowest BCUT2D eigenvalue weighted by molar-refractivity contribution is -0.138. The Kier molecular flexibility index (Phi) is 5.86. The predicted molar refractivity (Wildman–Crippen MR) is 66.4 cm³/mol. The Balaban J connectivity index is 2.18. The maximum atomic E-state index is 10.6. The molecule has 1 aliphatic carbocycles. The zero-order valence-corrected chi connectivity index (χ0v) is 10.7. The highest BCUT2D eigenvalue weighted by Gasteiger charge is 2.23. The van der Waals surface area contributed by atoms with Gasteiger partial charge in [0.05, 0.1) is 0 Å². The third-order valence-corrected chi connectivity index (χ3v) is 3.95. The van der Waals surface area contributed by atoms with Crippen LogP contribution in [0.15, 0.2) is 0 Å². The van der Waals surface area contributed by atoms with E-state index in [4.69, 9.17) is 5.11 Å². The standard InChI is InChI=1S/C14H26O2/c1-3-4-11(2)9-12-5-7-13(8-6-12)10-14(15)16/h11-13H,3-10H2,1-2H3,(H,15,16)/t11-,12?,13?/m1/s1. The van der Waals surface area contributed by atoms with E-state index in [1.54, 1.807) is 0 Å². The van der Waals surface area contributed by atoms with Gasteiger partial charge in [-0.1, -0.05) is 39.5 Å². The average molecular weight is 226 g/mol. The number of rotatable bonds is 6. The minimum atomic E-state index is -0.622. The molecule has 0 saturated heterocycles. The molecule has 0 unspecified atom stereocenters. The molecule has 0 bridgehead atoms. The van der Waals surface area contributed by atoms with Crippen molar-refractivity contribution in [2.24, 2.45) is 17.8 Å². The molecule has 1 fully saturated rings. The van der Waals surface area contributed by atoms with E-state index >= 15 is 0 Å². The molecule has 0 aromatic carbocycles. The molecule has 0 amide bonds. The molecule has 0 aliphatic heterocycles. The van der Waals surface area contributed by atoms with Crippen molar-refractivity contribution in [1.82, 2.24) is 0 Å². The van der Waals surface area contributed by atoms with Gasteiger partial charge in [0.15, 0.2) is 0 Å². The highest BCUT2D eigenvalue weighted by atomic mass is 16.4. The second kappa shape index (κ2) is 6.93. The number of hydrogen-bond donors (Lipinski definition) is 1. The number of carboxylic acids is 1. The third-order valence-electron chi connectivity index (χ3n) is 3.95. The van der Waals surface area contributed by atoms with E-state index < -0.39 is 5.97 Å². The summed E-state index contributed by atoms with van der Waals surface area (Å²) in [5.41, 5.74) is 0. The van der Waals surface area contributed by atoms with E-state index in [2.05, 4.69) is 13.8 Å². The van der Waals surface area contributed by atoms with Crippen molar-refractivity contribution in [1.29, 1.82) is 0 Å². The van der Waals surface area contributed by atoms with Gasteiger partial charge in [0, 0.05) is 6.42 Å². The predicted octanol–water partition coefficient (Wildman–Crippen LogP) is 4.09. The van der Waals surface area contributed by atoms with Gasteiger partial charge in [-0.15, -0.1) is 0 Å². The van der Waals surface area contributed by atoms with Crippen molar-refractivity contribution in [3.05, 3.63) is 0 Å². The molecule has 1 rings (SSSR count). The first-order valence-electron chi connectivity index (χ1n) is 6.83. The van der Waals surface area contributed by atoms with Gasteiger partial charge < -0.3 is 5.11 Å². The van der Waals surface area contributed by atoms with Gasteiger partial charge in [-0.05, 0) is 37.0 Å². The van der Waals surface area contributed by atoms with Crippen LogP contribution in [0, 0.1) is 17.8 Å². The summed E-state index contributed by atoms with van der Waals surface area (Å²) in [6, 6.07) is 0. The van der Waals surface area contributed by atoms with Crippen LogP contribution < -0.4 is 0 Å². The molecular formula is C14H26O2. The minimum Gasteiger partial charge on any atom is -0.481 e.